The highest BCUT2D eigenvalue weighted by Crippen LogP contribution is 2.31. The predicted octanol–water partition coefficient (Wildman–Crippen LogP) is 1.38. The molecule has 1 fully saturated rings. The number of amidine groups is 1. The van der Waals surface area contributed by atoms with Gasteiger partial charge in [0.2, 0.25) is 0 Å². The van der Waals surface area contributed by atoms with Crippen molar-refractivity contribution < 1.29 is 14.7 Å². The summed E-state index contributed by atoms with van der Waals surface area (Å²) >= 11 is 0. The number of piperidine rings is 1. The van der Waals surface area contributed by atoms with Crippen molar-refractivity contribution in [2.75, 3.05) is 6.54 Å². The number of fused-ring (bicyclic) bond motifs is 1. The number of hydrogen-bond acceptors (Lipinski definition) is 5. The third kappa shape index (κ3) is 2.31. The Balaban J connectivity index is 2.09. The fraction of sp³-hybridized carbons (Fsp3) is 0.400. The van der Waals surface area contributed by atoms with Crippen molar-refractivity contribution in [3.8, 4) is 0 Å². The molecular weight excluding hydrogens is 270 g/mol. The standard InChI is InChI=1S/C15H17N3O3/c16-11-7-3-4-8-18(11)14-12(15(20)21)13(19)9-5-1-2-6-10(9)17-14/h1-2,5-6,11-12H,3-4,7-8,16H2,(H,20,21). The number of carboxylic acids is 1. The van der Waals surface area contributed by atoms with E-state index in [0.717, 1.165) is 19.3 Å². The Labute approximate surface area is 122 Å². The zero-order valence-corrected chi connectivity index (χ0v) is 11.5. The Kier molecular flexibility index (Phi) is 3.47. The van der Waals surface area contributed by atoms with Crippen molar-refractivity contribution in [1.29, 1.82) is 0 Å². The molecule has 6 nitrogen and oxygen atoms in total. The smallest absolute Gasteiger partial charge is 0.322 e. The molecule has 2 atom stereocenters. The van der Waals surface area contributed by atoms with Gasteiger partial charge in [-0.25, -0.2) is 4.99 Å². The minimum absolute atomic E-state index is 0.276. The number of ketones is 1. The van der Waals surface area contributed by atoms with E-state index in [9.17, 15) is 14.7 Å². The summed E-state index contributed by atoms with van der Waals surface area (Å²) in [6, 6.07) is 6.83. The van der Waals surface area contributed by atoms with E-state index in [1.807, 2.05) is 0 Å². The number of hydrogen-bond donors (Lipinski definition) is 2. The monoisotopic (exact) mass is 287 g/mol. The largest absolute Gasteiger partial charge is 0.480 e. The Hall–Kier alpha value is -2.21. The number of aliphatic carboxylic acids is 1. The molecule has 1 aromatic rings. The van der Waals surface area contributed by atoms with Gasteiger partial charge in [0.05, 0.1) is 11.9 Å². The van der Waals surface area contributed by atoms with Gasteiger partial charge in [0.1, 0.15) is 5.84 Å². The number of Topliss-reactive ketones (excluding diaryl/α,β-unsaturated/α-hetero) is 1. The molecule has 3 N–H and O–H groups in total. The molecular formula is C15H17N3O3. The summed E-state index contributed by atoms with van der Waals surface area (Å²) in [4.78, 5) is 30.3. The van der Waals surface area contributed by atoms with Gasteiger partial charge in [-0.3, -0.25) is 9.59 Å². The van der Waals surface area contributed by atoms with Crippen molar-refractivity contribution in [2.45, 2.75) is 25.4 Å². The number of likely N-dealkylation sites (tertiary alicyclic amines) is 1. The summed E-state index contributed by atoms with van der Waals surface area (Å²) in [6.45, 7) is 0.638. The molecule has 21 heavy (non-hydrogen) atoms. The molecule has 0 spiro atoms. The van der Waals surface area contributed by atoms with Crippen molar-refractivity contribution >= 4 is 23.3 Å². The van der Waals surface area contributed by atoms with Crippen LogP contribution in [0.25, 0.3) is 0 Å². The molecule has 0 amide bonds. The molecule has 0 saturated carbocycles. The summed E-state index contributed by atoms with van der Waals surface area (Å²) < 4.78 is 0. The molecule has 110 valence electrons. The minimum atomic E-state index is -1.26. The Bertz CT molecular complexity index is 626. The quantitative estimate of drug-likeness (QED) is 0.761. The lowest BCUT2D eigenvalue weighted by molar-refractivity contribution is -0.138. The molecule has 2 aliphatic heterocycles. The maximum atomic E-state index is 12.5. The van der Waals surface area contributed by atoms with Crippen LogP contribution in [0.15, 0.2) is 29.3 Å². The molecule has 2 unspecified atom stereocenters. The second-order valence-electron chi connectivity index (χ2n) is 5.38. The summed E-state index contributed by atoms with van der Waals surface area (Å²) in [5, 5.41) is 9.45. The van der Waals surface area contributed by atoms with Gasteiger partial charge in [0.15, 0.2) is 11.7 Å². The number of benzene rings is 1. The van der Waals surface area contributed by atoms with Gasteiger partial charge in [-0.1, -0.05) is 12.1 Å². The van der Waals surface area contributed by atoms with Crippen molar-refractivity contribution in [3.63, 3.8) is 0 Å². The van der Waals surface area contributed by atoms with Crippen LogP contribution < -0.4 is 5.73 Å². The number of carboxylic acid groups (broad SMARTS) is 1. The van der Waals surface area contributed by atoms with Gasteiger partial charge in [0.25, 0.3) is 0 Å². The van der Waals surface area contributed by atoms with Gasteiger partial charge in [-0.15, -0.1) is 0 Å². The fourth-order valence-corrected chi connectivity index (χ4v) is 2.93. The minimum Gasteiger partial charge on any atom is -0.480 e. The Morgan fingerprint density at radius 3 is 2.81 bits per heavy atom. The number of rotatable bonds is 1. The highest BCUT2D eigenvalue weighted by atomic mass is 16.4. The fourth-order valence-electron chi connectivity index (χ4n) is 2.93. The zero-order chi connectivity index (χ0) is 15.0. The molecule has 0 aromatic heterocycles. The summed E-state index contributed by atoms with van der Waals surface area (Å²) in [5.41, 5.74) is 6.96. The van der Waals surface area contributed by atoms with Crippen LogP contribution >= 0.6 is 0 Å². The van der Waals surface area contributed by atoms with E-state index in [0.29, 0.717) is 17.8 Å². The Morgan fingerprint density at radius 1 is 1.33 bits per heavy atom. The highest BCUT2D eigenvalue weighted by Gasteiger charge is 2.41. The zero-order valence-electron chi connectivity index (χ0n) is 11.5. The second kappa shape index (κ2) is 5.29. The average Bonchev–Trinajstić information content (AvgIpc) is 2.47. The molecule has 0 bridgehead atoms. The summed E-state index contributed by atoms with van der Waals surface area (Å²) in [7, 11) is 0. The van der Waals surface area contributed by atoms with E-state index in [4.69, 9.17) is 5.73 Å². The van der Waals surface area contributed by atoms with E-state index in [1.165, 1.54) is 0 Å². The van der Waals surface area contributed by atoms with E-state index < -0.39 is 17.7 Å². The number of carbonyl (C=O) groups is 2. The number of nitrogens with zero attached hydrogens (tertiary/aromatic N) is 2. The van der Waals surface area contributed by atoms with E-state index in [-0.39, 0.29) is 12.0 Å². The molecule has 0 radical (unpaired) electrons. The van der Waals surface area contributed by atoms with E-state index in [2.05, 4.69) is 4.99 Å². The van der Waals surface area contributed by atoms with Gasteiger partial charge >= 0.3 is 5.97 Å². The molecule has 0 aliphatic carbocycles. The second-order valence-corrected chi connectivity index (χ2v) is 5.38. The van der Waals surface area contributed by atoms with Crippen LogP contribution in [0.4, 0.5) is 5.69 Å². The lowest BCUT2D eigenvalue weighted by Crippen LogP contribution is -2.54. The van der Waals surface area contributed by atoms with Gasteiger partial charge < -0.3 is 15.7 Å². The van der Waals surface area contributed by atoms with Crippen molar-refractivity contribution in [2.24, 2.45) is 16.6 Å². The van der Waals surface area contributed by atoms with Crippen molar-refractivity contribution in [3.05, 3.63) is 29.8 Å². The van der Waals surface area contributed by atoms with E-state index >= 15 is 0 Å². The van der Waals surface area contributed by atoms with Crippen LogP contribution in [0.3, 0.4) is 0 Å². The topological polar surface area (TPSA) is 96.0 Å². The first-order chi connectivity index (χ1) is 10.1. The van der Waals surface area contributed by atoms with Crippen LogP contribution in [-0.4, -0.2) is 40.3 Å². The third-order valence-corrected chi connectivity index (χ3v) is 4.02. The number of carbonyl (C=O) groups excluding carboxylic acids is 1. The van der Waals surface area contributed by atoms with Gasteiger partial charge in [-0.05, 0) is 31.4 Å². The molecule has 2 heterocycles. The van der Waals surface area contributed by atoms with Crippen molar-refractivity contribution in [1.82, 2.24) is 4.90 Å². The first-order valence-electron chi connectivity index (χ1n) is 7.06. The summed E-state index contributed by atoms with van der Waals surface area (Å²) in [6.07, 6.45) is 2.43. The predicted molar refractivity (Wildman–Crippen MR) is 77.5 cm³/mol. The van der Waals surface area contributed by atoms with Crippen LogP contribution in [0, 0.1) is 5.92 Å². The van der Waals surface area contributed by atoms with Crippen LogP contribution in [0.5, 0.6) is 0 Å². The summed E-state index contributed by atoms with van der Waals surface area (Å²) in [5.74, 6) is -2.57. The van der Waals surface area contributed by atoms with Gasteiger partial charge in [0, 0.05) is 12.1 Å². The van der Waals surface area contributed by atoms with Crippen LogP contribution in [0.1, 0.15) is 29.6 Å². The average molecular weight is 287 g/mol. The first kappa shape index (κ1) is 13.8. The molecule has 1 aromatic carbocycles. The first-order valence-corrected chi connectivity index (χ1v) is 7.06. The Morgan fingerprint density at radius 2 is 2.10 bits per heavy atom. The van der Waals surface area contributed by atoms with Crippen LogP contribution in [-0.2, 0) is 4.79 Å². The highest BCUT2D eigenvalue weighted by molar-refractivity contribution is 6.26. The SMILES string of the molecule is NC1CCCCN1C1=Nc2ccccc2C(=O)C1C(=O)O. The van der Waals surface area contributed by atoms with E-state index in [1.54, 1.807) is 29.2 Å². The number of nitrogens with two attached hydrogens (primary N) is 1. The maximum absolute atomic E-state index is 12.5. The molecule has 6 heteroatoms. The molecule has 3 rings (SSSR count). The van der Waals surface area contributed by atoms with Gasteiger partial charge in [-0.2, -0.15) is 0 Å². The molecule has 2 aliphatic rings. The normalized spacial score (nSPS) is 25.3. The maximum Gasteiger partial charge on any atom is 0.322 e. The third-order valence-electron chi connectivity index (χ3n) is 4.02. The van der Waals surface area contributed by atoms with Crippen LogP contribution in [0.2, 0.25) is 0 Å². The lowest BCUT2D eigenvalue weighted by atomic mass is 9.90. The number of aliphatic imine (C=N–C) groups is 1. The molecule has 1 saturated heterocycles. The lowest BCUT2D eigenvalue weighted by Gasteiger charge is -2.38. The number of para-hydroxylation sites is 1.